The number of esters is 2. The lowest BCUT2D eigenvalue weighted by Gasteiger charge is -2.47. The van der Waals surface area contributed by atoms with E-state index in [1.54, 1.807) is 30.3 Å². The van der Waals surface area contributed by atoms with Gasteiger partial charge in [0, 0.05) is 12.0 Å². The number of methoxy groups -OCH3 is 1. The molecule has 0 amide bonds. The summed E-state index contributed by atoms with van der Waals surface area (Å²) in [5.74, 6) is -0.875. The van der Waals surface area contributed by atoms with Crippen LogP contribution in [-0.2, 0) is 23.7 Å². The Morgan fingerprint density at radius 2 is 1.67 bits per heavy atom. The molecule has 2 aliphatic carbocycles. The zero-order valence-electron chi connectivity index (χ0n) is 15.3. The molecule has 144 valence electrons. The molecular formula is C21H24O6. The van der Waals surface area contributed by atoms with Crippen LogP contribution in [0.25, 0.3) is 0 Å². The first-order valence-corrected chi connectivity index (χ1v) is 9.51. The number of benzene rings is 1. The minimum atomic E-state index is -0.687. The van der Waals surface area contributed by atoms with E-state index in [-0.39, 0.29) is 18.3 Å². The molecule has 6 heteroatoms. The normalized spacial score (nSPS) is 32.5. The molecule has 0 radical (unpaired) electrons. The average molecular weight is 372 g/mol. The van der Waals surface area contributed by atoms with E-state index >= 15 is 0 Å². The lowest BCUT2D eigenvalue weighted by molar-refractivity contribution is -0.248. The van der Waals surface area contributed by atoms with Gasteiger partial charge in [0.15, 0.2) is 0 Å². The highest BCUT2D eigenvalue weighted by Gasteiger charge is 2.47. The van der Waals surface area contributed by atoms with Crippen molar-refractivity contribution < 1.29 is 28.5 Å². The summed E-state index contributed by atoms with van der Waals surface area (Å²) < 4.78 is 23.2. The fraction of sp³-hybridized carbons (Fsp3) is 0.524. The number of rotatable bonds is 3. The van der Waals surface area contributed by atoms with Gasteiger partial charge in [0.2, 0.25) is 0 Å². The predicted molar refractivity (Wildman–Crippen MR) is 96.2 cm³/mol. The van der Waals surface area contributed by atoms with Gasteiger partial charge in [-0.1, -0.05) is 31.0 Å². The zero-order chi connectivity index (χ0) is 18.8. The van der Waals surface area contributed by atoms with Crippen LogP contribution in [0.5, 0.6) is 0 Å². The quantitative estimate of drug-likeness (QED) is 0.760. The van der Waals surface area contributed by atoms with Gasteiger partial charge in [-0.3, -0.25) is 0 Å². The Kier molecular flexibility index (Phi) is 5.27. The SMILES string of the molecule is COC(=O)C1=C[C@@H](OC(=O)c2ccccc2)[C@@H]2OC3CCCCC3O[C@@H]2C1. The highest BCUT2D eigenvalue weighted by molar-refractivity contribution is 5.90. The monoisotopic (exact) mass is 372 g/mol. The van der Waals surface area contributed by atoms with Crippen molar-refractivity contribution in [2.75, 3.05) is 7.11 Å². The van der Waals surface area contributed by atoms with Gasteiger partial charge in [-0.15, -0.1) is 0 Å². The summed E-state index contributed by atoms with van der Waals surface area (Å²) >= 11 is 0. The van der Waals surface area contributed by atoms with Crippen LogP contribution in [0.1, 0.15) is 42.5 Å². The van der Waals surface area contributed by atoms with Crippen LogP contribution < -0.4 is 0 Å². The van der Waals surface area contributed by atoms with Gasteiger partial charge in [-0.2, -0.15) is 0 Å². The molecule has 27 heavy (non-hydrogen) atoms. The molecule has 2 unspecified atom stereocenters. The van der Waals surface area contributed by atoms with Crippen LogP contribution in [0.15, 0.2) is 42.0 Å². The highest BCUT2D eigenvalue weighted by atomic mass is 16.6. The first kappa shape index (κ1) is 18.2. The van der Waals surface area contributed by atoms with Crippen molar-refractivity contribution in [3.8, 4) is 0 Å². The Balaban J connectivity index is 1.58. The Bertz CT molecular complexity index is 727. The molecule has 4 rings (SSSR count). The highest BCUT2D eigenvalue weighted by Crippen LogP contribution is 2.38. The topological polar surface area (TPSA) is 71.1 Å². The lowest BCUT2D eigenvalue weighted by atomic mass is 9.87. The van der Waals surface area contributed by atoms with Gasteiger partial charge in [0.25, 0.3) is 0 Å². The van der Waals surface area contributed by atoms with Crippen molar-refractivity contribution in [3.63, 3.8) is 0 Å². The maximum Gasteiger partial charge on any atom is 0.338 e. The Hall–Kier alpha value is -2.18. The standard InChI is InChI=1S/C21H24O6/c1-24-20(22)14-11-17-19(26-16-10-6-5-9-15(16)25-17)18(12-14)27-21(23)13-7-3-2-4-8-13/h2-4,7-8,12,15-19H,5-6,9-11H2,1H3/t15?,16?,17-,18-,19-/m1/s1. The molecule has 0 bridgehead atoms. The van der Waals surface area contributed by atoms with Gasteiger partial charge in [0.1, 0.15) is 12.2 Å². The molecule has 0 aromatic heterocycles. The molecule has 6 nitrogen and oxygen atoms in total. The smallest absolute Gasteiger partial charge is 0.338 e. The number of ether oxygens (including phenoxy) is 4. The lowest BCUT2D eigenvalue weighted by Crippen LogP contribution is -2.56. The summed E-state index contributed by atoms with van der Waals surface area (Å²) in [5.41, 5.74) is 0.919. The second-order valence-corrected chi connectivity index (χ2v) is 7.26. The van der Waals surface area contributed by atoms with E-state index in [4.69, 9.17) is 18.9 Å². The summed E-state index contributed by atoms with van der Waals surface area (Å²) in [6, 6.07) is 8.79. The van der Waals surface area contributed by atoms with Crippen LogP contribution >= 0.6 is 0 Å². The van der Waals surface area contributed by atoms with Gasteiger partial charge in [-0.25, -0.2) is 9.59 Å². The van der Waals surface area contributed by atoms with Crippen molar-refractivity contribution in [2.24, 2.45) is 0 Å². The van der Waals surface area contributed by atoms with Crippen LogP contribution in [0.4, 0.5) is 0 Å². The Labute approximate surface area is 158 Å². The van der Waals surface area contributed by atoms with E-state index in [2.05, 4.69) is 0 Å². The van der Waals surface area contributed by atoms with Crippen molar-refractivity contribution >= 4 is 11.9 Å². The van der Waals surface area contributed by atoms with Crippen molar-refractivity contribution in [1.82, 2.24) is 0 Å². The summed E-state index contributed by atoms with van der Waals surface area (Å²) in [6.07, 6.45) is 4.83. The first-order valence-electron chi connectivity index (χ1n) is 9.51. The van der Waals surface area contributed by atoms with E-state index in [9.17, 15) is 9.59 Å². The van der Waals surface area contributed by atoms with Crippen molar-refractivity contribution in [1.29, 1.82) is 0 Å². The van der Waals surface area contributed by atoms with Crippen LogP contribution in [-0.4, -0.2) is 49.6 Å². The van der Waals surface area contributed by atoms with E-state index in [1.165, 1.54) is 7.11 Å². The van der Waals surface area contributed by atoms with E-state index in [1.807, 2.05) is 6.07 Å². The molecule has 1 saturated carbocycles. The van der Waals surface area contributed by atoms with Gasteiger partial charge in [-0.05, 0) is 31.1 Å². The van der Waals surface area contributed by atoms with E-state index in [0.717, 1.165) is 25.7 Å². The molecule has 0 N–H and O–H groups in total. The molecule has 1 aromatic carbocycles. The third kappa shape index (κ3) is 3.77. The molecule has 1 saturated heterocycles. The number of hydrogen-bond acceptors (Lipinski definition) is 6. The summed E-state index contributed by atoms with van der Waals surface area (Å²) in [7, 11) is 1.34. The molecule has 1 aromatic rings. The van der Waals surface area contributed by atoms with Gasteiger partial charge < -0.3 is 18.9 Å². The van der Waals surface area contributed by atoms with E-state index in [0.29, 0.717) is 17.6 Å². The molecule has 1 heterocycles. The maximum absolute atomic E-state index is 12.6. The number of fused-ring (bicyclic) bond motifs is 2. The first-order chi connectivity index (χ1) is 13.2. The van der Waals surface area contributed by atoms with E-state index < -0.39 is 24.1 Å². The maximum atomic E-state index is 12.6. The number of carbonyl (C=O) groups excluding carboxylic acids is 2. The minimum Gasteiger partial charge on any atom is -0.466 e. The number of carbonyl (C=O) groups is 2. The molecule has 5 atom stereocenters. The molecule has 2 fully saturated rings. The van der Waals surface area contributed by atoms with Gasteiger partial charge in [0.05, 0.1) is 31.0 Å². The molecule has 1 aliphatic heterocycles. The van der Waals surface area contributed by atoms with Crippen molar-refractivity contribution in [2.45, 2.75) is 62.6 Å². The summed E-state index contributed by atoms with van der Waals surface area (Å²) in [4.78, 5) is 24.7. The molecule has 3 aliphatic rings. The molecular weight excluding hydrogens is 348 g/mol. The molecule has 0 spiro atoms. The average Bonchev–Trinajstić information content (AvgIpc) is 2.72. The fourth-order valence-electron chi connectivity index (χ4n) is 4.15. The second-order valence-electron chi connectivity index (χ2n) is 7.26. The Morgan fingerprint density at radius 3 is 2.37 bits per heavy atom. The third-order valence-electron chi connectivity index (χ3n) is 5.50. The summed E-state index contributed by atoms with van der Waals surface area (Å²) in [6.45, 7) is 0. The number of hydrogen-bond donors (Lipinski definition) is 0. The third-order valence-corrected chi connectivity index (χ3v) is 5.50. The van der Waals surface area contributed by atoms with Crippen LogP contribution in [0, 0.1) is 0 Å². The summed E-state index contributed by atoms with van der Waals surface area (Å²) in [5, 5.41) is 0. The van der Waals surface area contributed by atoms with Crippen LogP contribution in [0.2, 0.25) is 0 Å². The minimum absolute atomic E-state index is 0.0194. The van der Waals surface area contributed by atoms with Gasteiger partial charge >= 0.3 is 11.9 Å². The predicted octanol–water partition coefficient (Wildman–Crippen LogP) is 2.81. The van der Waals surface area contributed by atoms with Crippen molar-refractivity contribution in [3.05, 3.63) is 47.5 Å². The second kappa shape index (κ2) is 7.82. The zero-order valence-corrected chi connectivity index (χ0v) is 15.3. The largest absolute Gasteiger partial charge is 0.466 e. The fourth-order valence-corrected chi connectivity index (χ4v) is 4.15. The van der Waals surface area contributed by atoms with Crippen LogP contribution in [0.3, 0.4) is 0 Å². The Morgan fingerprint density at radius 1 is 0.963 bits per heavy atom.